The Morgan fingerprint density at radius 3 is 2.24 bits per heavy atom. The molecule has 21 heavy (non-hydrogen) atoms. The van der Waals surface area contributed by atoms with Gasteiger partial charge in [0, 0.05) is 17.3 Å². The van der Waals surface area contributed by atoms with Crippen molar-refractivity contribution < 1.29 is 22.9 Å². The van der Waals surface area contributed by atoms with E-state index in [4.69, 9.17) is 5.73 Å². The van der Waals surface area contributed by atoms with E-state index in [2.05, 4.69) is 5.32 Å². The van der Waals surface area contributed by atoms with Crippen LogP contribution < -0.4 is 11.1 Å². The Labute approximate surface area is 118 Å². The summed E-state index contributed by atoms with van der Waals surface area (Å²) >= 11 is 0. The molecule has 0 radical (unpaired) electrons. The van der Waals surface area contributed by atoms with Crippen LogP contribution in [0.3, 0.4) is 0 Å². The minimum absolute atomic E-state index is 0.0454. The fourth-order valence-corrected chi connectivity index (χ4v) is 1.51. The molecular weight excluding hydrogens is 291 g/mol. The van der Waals surface area contributed by atoms with Crippen LogP contribution in [-0.4, -0.2) is 22.5 Å². The van der Waals surface area contributed by atoms with Crippen molar-refractivity contribution in [2.24, 2.45) is 5.73 Å². The number of alkyl halides is 3. The van der Waals surface area contributed by atoms with Crippen molar-refractivity contribution in [1.29, 1.82) is 0 Å². The first kappa shape index (κ1) is 16.9. The minimum atomic E-state index is -4.92. The van der Waals surface area contributed by atoms with Gasteiger partial charge in [-0.05, 0) is 32.4 Å². The zero-order valence-electron chi connectivity index (χ0n) is 11.5. The second-order valence-electron chi connectivity index (χ2n) is 4.86. The molecule has 1 rings (SSSR count). The van der Waals surface area contributed by atoms with Gasteiger partial charge in [0.25, 0.3) is 11.6 Å². The maximum Gasteiger partial charge on any atom is 0.415 e. The molecule has 0 fully saturated rings. The quantitative estimate of drug-likeness (QED) is 0.662. The normalized spacial score (nSPS) is 14.4. The van der Waals surface area contributed by atoms with Crippen LogP contribution in [0.25, 0.3) is 0 Å². The molecule has 9 heteroatoms. The molecule has 1 atom stereocenters. The lowest BCUT2D eigenvalue weighted by atomic mass is 10.0. The number of carbonyl (C=O) groups is 1. The molecule has 1 unspecified atom stereocenters. The second-order valence-corrected chi connectivity index (χ2v) is 4.86. The van der Waals surface area contributed by atoms with E-state index >= 15 is 0 Å². The fourth-order valence-electron chi connectivity index (χ4n) is 1.51. The summed E-state index contributed by atoms with van der Waals surface area (Å²) in [6.45, 7) is 3.40. The van der Waals surface area contributed by atoms with Gasteiger partial charge in [0.05, 0.1) is 4.92 Å². The van der Waals surface area contributed by atoms with Gasteiger partial charge in [0.1, 0.15) is 0 Å². The van der Waals surface area contributed by atoms with Crippen LogP contribution in [0.2, 0.25) is 0 Å². The number of nitrogens with two attached hydrogens (primary N) is 1. The topological polar surface area (TPSA) is 98.3 Å². The lowest BCUT2D eigenvalue weighted by Crippen LogP contribution is -2.59. The number of aryl methyl sites for hydroxylation is 2. The second kappa shape index (κ2) is 5.32. The van der Waals surface area contributed by atoms with Gasteiger partial charge in [-0.3, -0.25) is 14.9 Å². The molecule has 1 aromatic carbocycles. The molecule has 116 valence electrons. The van der Waals surface area contributed by atoms with Crippen LogP contribution in [0.5, 0.6) is 0 Å². The monoisotopic (exact) mass is 305 g/mol. The van der Waals surface area contributed by atoms with Crippen molar-refractivity contribution in [3.63, 3.8) is 0 Å². The number of amides is 1. The SMILES string of the molecule is Cc1cc([N+](=O)[O-])c(C)cc1NC(=O)C(C)(N)C(F)(F)F. The van der Waals surface area contributed by atoms with Crippen LogP contribution in [0.4, 0.5) is 24.5 Å². The molecule has 6 nitrogen and oxygen atoms in total. The Kier molecular flexibility index (Phi) is 4.28. The number of benzene rings is 1. The van der Waals surface area contributed by atoms with Crippen molar-refractivity contribution >= 4 is 17.3 Å². The summed E-state index contributed by atoms with van der Waals surface area (Å²) in [5.74, 6) is -1.44. The van der Waals surface area contributed by atoms with Crippen LogP contribution >= 0.6 is 0 Å². The molecule has 0 saturated carbocycles. The number of nitrogens with zero attached hydrogens (tertiary/aromatic N) is 1. The first-order chi connectivity index (χ1) is 9.37. The summed E-state index contributed by atoms with van der Waals surface area (Å²) in [6.07, 6.45) is -4.92. The van der Waals surface area contributed by atoms with Gasteiger partial charge >= 0.3 is 6.18 Å². The fraction of sp³-hybridized carbons (Fsp3) is 0.417. The summed E-state index contributed by atoms with van der Waals surface area (Å²) in [7, 11) is 0. The molecule has 0 spiro atoms. The zero-order valence-corrected chi connectivity index (χ0v) is 11.5. The number of hydrogen-bond donors (Lipinski definition) is 2. The lowest BCUT2D eigenvalue weighted by Gasteiger charge is -2.26. The maximum atomic E-state index is 12.7. The van der Waals surface area contributed by atoms with Gasteiger partial charge in [0.2, 0.25) is 0 Å². The van der Waals surface area contributed by atoms with Crippen molar-refractivity contribution in [3.8, 4) is 0 Å². The van der Waals surface area contributed by atoms with Crippen molar-refractivity contribution in [1.82, 2.24) is 0 Å². The Balaban J connectivity index is 3.13. The van der Waals surface area contributed by atoms with E-state index in [0.29, 0.717) is 6.92 Å². The predicted octanol–water partition coefficient (Wildman–Crippen LogP) is 2.43. The average Bonchev–Trinajstić information content (AvgIpc) is 2.31. The Hall–Kier alpha value is -2.16. The lowest BCUT2D eigenvalue weighted by molar-refractivity contribution is -0.385. The molecule has 0 aliphatic heterocycles. The van der Waals surface area contributed by atoms with Gasteiger partial charge in [-0.1, -0.05) is 0 Å². The molecule has 0 bridgehead atoms. The standard InChI is InChI=1S/C12H14F3N3O3/c1-6-5-9(18(20)21)7(2)4-8(6)17-10(19)11(3,16)12(13,14)15/h4-5H,16H2,1-3H3,(H,17,19). The van der Waals surface area contributed by atoms with E-state index in [9.17, 15) is 28.1 Å². The average molecular weight is 305 g/mol. The van der Waals surface area contributed by atoms with Crippen LogP contribution in [0.15, 0.2) is 12.1 Å². The number of rotatable bonds is 3. The first-order valence-corrected chi connectivity index (χ1v) is 5.80. The van der Waals surface area contributed by atoms with Gasteiger partial charge in [0.15, 0.2) is 5.54 Å². The number of halogens is 3. The maximum absolute atomic E-state index is 12.7. The summed E-state index contributed by atoms with van der Waals surface area (Å²) in [5, 5.41) is 12.8. The smallest absolute Gasteiger partial charge is 0.324 e. The molecule has 1 amide bonds. The van der Waals surface area contributed by atoms with Crippen molar-refractivity contribution in [3.05, 3.63) is 33.4 Å². The number of carbonyl (C=O) groups excluding carboxylic acids is 1. The minimum Gasteiger partial charge on any atom is -0.324 e. The summed E-state index contributed by atoms with van der Waals surface area (Å²) in [6, 6.07) is 2.41. The summed E-state index contributed by atoms with van der Waals surface area (Å²) in [5.41, 5.74) is 2.28. The van der Waals surface area contributed by atoms with Crippen molar-refractivity contribution in [2.75, 3.05) is 5.32 Å². The molecule has 0 saturated heterocycles. The van der Waals surface area contributed by atoms with Crippen LogP contribution in [0, 0.1) is 24.0 Å². The zero-order chi connectivity index (χ0) is 16.6. The Bertz CT molecular complexity index is 597. The van der Waals surface area contributed by atoms with E-state index in [1.54, 1.807) is 0 Å². The largest absolute Gasteiger partial charge is 0.415 e. The molecule has 3 N–H and O–H groups in total. The number of hydrogen-bond acceptors (Lipinski definition) is 4. The highest BCUT2D eigenvalue weighted by molar-refractivity contribution is 5.99. The van der Waals surface area contributed by atoms with E-state index < -0.39 is 22.5 Å². The van der Waals surface area contributed by atoms with Crippen LogP contribution in [-0.2, 0) is 4.79 Å². The third kappa shape index (κ3) is 3.30. The summed E-state index contributed by atoms with van der Waals surface area (Å²) < 4.78 is 38.0. The van der Waals surface area contributed by atoms with E-state index in [-0.39, 0.29) is 22.5 Å². The van der Waals surface area contributed by atoms with E-state index in [0.717, 1.165) is 0 Å². The Morgan fingerprint density at radius 2 is 1.81 bits per heavy atom. The molecular formula is C12H14F3N3O3. The van der Waals surface area contributed by atoms with E-state index in [1.807, 2.05) is 0 Å². The van der Waals surface area contributed by atoms with Crippen molar-refractivity contribution in [2.45, 2.75) is 32.5 Å². The molecule has 0 aliphatic carbocycles. The van der Waals surface area contributed by atoms with Gasteiger partial charge in [-0.2, -0.15) is 13.2 Å². The van der Waals surface area contributed by atoms with Gasteiger partial charge in [-0.25, -0.2) is 0 Å². The number of nitro benzene ring substituents is 1. The van der Waals surface area contributed by atoms with Gasteiger partial charge in [-0.15, -0.1) is 0 Å². The third-order valence-corrected chi connectivity index (χ3v) is 3.05. The van der Waals surface area contributed by atoms with E-state index in [1.165, 1.54) is 26.0 Å². The highest BCUT2D eigenvalue weighted by Crippen LogP contribution is 2.31. The van der Waals surface area contributed by atoms with Gasteiger partial charge < -0.3 is 11.1 Å². The number of nitro groups is 1. The first-order valence-electron chi connectivity index (χ1n) is 5.80. The molecule has 0 aromatic heterocycles. The summed E-state index contributed by atoms with van der Waals surface area (Å²) in [4.78, 5) is 21.8. The molecule has 0 aliphatic rings. The highest BCUT2D eigenvalue weighted by atomic mass is 19.4. The number of nitrogens with one attached hydrogen (secondary N) is 1. The molecule has 1 aromatic rings. The molecule has 0 heterocycles. The predicted molar refractivity (Wildman–Crippen MR) is 69.8 cm³/mol. The highest BCUT2D eigenvalue weighted by Gasteiger charge is 2.54. The van der Waals surface area contributed by atoms with Crippen LogP contribution in [0.1, 0.15) is 18.1 Å². The Morgan fingerprint density at radius 1 is 1.29 bits per heavy atom. The number of anilines is 1. The third-order valence-electron chi connectivity index (χ3n) is 3.05.